The van der Waals surface area contributed by atoms with Crippen LogP contribution in [0.25, 0.3) is 0 Å². The van der Waals surface area contributed by atoms with E-state index in [-0.39, 0.29) is 17.4 Å². The minimum atomic E-state index is -5.14. The summed E-state index contributed by atoms with van der Waals surface area (Å²) in [5.41, 5.74) is -1.12. The molecule has 0 aliphatic carbocycles. The Hall–Kier alpha value is -1.30. The molecule has 0 aliphatic heterocycles. The Morgan fingerprint density at radius 1 is 1.41 bits per heavy atom. The number of benzene rings is 1. The fraction of sp³-hybridized carbons (Fsp3) is 0.300. The van der Waals surface area contributed by atoms with Crippen LogP contribution in [-0.4, -0.2) is 18.6 Å². The van der Waals surface area contributed by atoms with E-state index < -0.39 is 23.3 Å². The van der Waals surface area contributed by atoms with E-state index in [9.17, 15) is 22.4 Å². The molecule has 1 rings (SSSR count). The van der Waals surface area contributed by atoms with E-state index in [1.165, 1.54) is 0 Å². The third-order valence-electron chi connectivity index (χ3n) is 1.82. The molecule has 0 aliphatic rings. The monoisotopic (exact) mass is 270 g/mol. The molecule has 0 fully saturated rings. The van der Waals surface area contributed by atoms with Gasteiger partial charge in [-0.3, -0.25) is 4.79 Å². The standard InChI is InChI=1S/C10H7ClF4O2/c1-2-17-8-4-7(12)5(3-6(8)11)9(16)10(13,14)15/h3-4H,2H2,1H3. The van der Waals surface area contributed by atoms with Gasteiger partial charge in [0.25, 0.3) is 5.78 Å². The van der Waals surface area contributed by atoms with Gasteiger partial charge in [-0.2, -0.15) is 13.2 Å². The smallest absolute Gasteiger partial charge is 0.454 e. The number of hydrogen-bond acceptors (Lipinski definition) is 2. The molecule has 0 unspecified atom stereocenters. The number of rotatable bonds is 3. The van der Waals surface area contributed by atoms with Crippen LogP contribution in [0.5, 0.6) is 5.75 Å². The lowest BCUT2D eigenvalue weighted by Gasteiger charge is -2.10. The second-order valence-electron chi connectivity index (χ2n) is 3.02. The Balaban J connectivity index is 3.20. The number of carbonyl (C=O) groups excluding carboxylic acids is 1. The molecule has 17 heavy (non-hydrogen) atoms. The molecule has 0 saturated carbocycles. The molecule has 2 nitrogen and oxygen atoms in total. The molecule has 0 saturated heterocycles. The lowest BCUT2D eigenvalue weighted by atomic mass is 10.1. The van der Waals surface area contributed by atoms with Crippen molar-refractivity contribution in [1.82, 2.24) is 0 Å². The average Bonchev–Trinajstić information content (AvgIpc) is 2.21. The molecule has 0 N–H and O–H groups in total. The van der Waals surface area contributed by atoms with Crippen LogP contribution >= 0.6 is 11.6 Å². The van der Waals surface area contributed by atoms with E-state index >= 15 is 0 Å². The van der Waals surface area contributed by atoms with Crippen molar-refractivity contribution >= 4 is 17.4 Å². The zero-order valence-electron chi connectivity index (χ0n) is 8.57. The highest BCUT2D eigenvalue weighted by Crippen LogP contribution is 2.31. The van der Waals surface area contributed by atoms with Gasteiger partial charge in [-0.05, 0) is 13.0 Å². The number of ketones is 1. The molecule has 1 aromatic rings. The largest absolute Gasteiger partial charge is 0.492 e. The maximum atomic E-state index is 13.3. The minimum absolute atomic E-state index is 0.106. The summed E-state index contributed by atoms with van der Waals surface area (Å²) in [5, 5.41) is -0.249. The van der Waals surface area contributed by atoms with Gasteiger partial charge in [0.05, 0.1) is 17.2 Å². The minimum Gasteiger partial charge on any atom is -0.492 e. The van der Waals surface area contributed by atoms with Crippen LogP contribution in [0.3, 0.4) is 0 Å². The van der Waals surface area contributed by atoms with Crippen LogP contribution in [0.4, 0.5) is 17.6 Å². The first-order valence-corrected chi connectivity index (χ1v) is 4.88. The number of carbonyl (C=O) groups is 1. The van der Waals surface area contributed by atoms with Gasteiger partial charge in [0, 0.05) is 6.07 Å². The fourth-order valence-electron chi connectivity index (χ4n) is 1.12. The van der Waals surface area contributed by atoms with Crippen LogP contribution in [0.1, 0.15) is 17.3 Å². The molecule has 0 spiro atoms. The normalized spacial score (nSPS) is 11.4. The van der Waals surface area contributed by atoms with Gasteiger partial charge >= 0.3 is 6.18 Å². The molecule has 0 bridgehead atoms. The summed E-state index contributed by atoms with van der Waals surface area (Å²) < 4.78 is 54.5. The number of Topliss-reactive ketones (excluding diaryl/α,β-unsaturated/α-hetero) is 1. The van der Waals surface area contributed by atoms with E-state index in [0.29, 0.717) is 12.1 Å². The Kier molecular flexibility index (Phi) is 3.98. The average molecular weight is 271 g/mol. The van der Waals surface area contributed by atoms with Crippen LogP contribution in [0.15, 0.2) is 12.1 Å². The highest BCUT2D eigenvalue weighted by Gasteiger charge is 2.41. The Labute approximate surface area is 99.1 Å². The maximum Gasteiger partial charge on any atom is 0.454 e. The number of hydrogen-bond donors (Lipinski definition) is 0. The highest BCUT2D eigenvalue weighted by molar-refractivity contribution is 6.32. The zero-order chi connectivity index (χ0) is 13.2. The quantitative estimate of drug-likeness (QED) is 0.619. The van der Waals surface area contributed by atoms with Gasteiger partial charge in [-0.15, -0.1) is 0 Å². The van der Waals surface area contributed by atoms with Crippen molar-refractivity contribution in [1.29, 1.82) is 0 Å². The van der Waals surface area contributed by atoms with Crippen molar-refractivity contribution in [3.63, 3.8) is 0 Å². The van der Waals surface area contributed by atoms with Crippen molar-refractivity contribution in [3.8, 4) is 5.75 Å². The Morgan fingerprint density at radius 3 is 2.47 bits per heavy atom. The molecule has 0 heterocycles. The summed E-state index contributed by atoms with van der Waals surface area (Å²) in [6.07, 6.45) is -5.14. The van der Waals surface area contributed by atoms with Crippen molar-refractivity contribution in [2.45, 2.75) is 13.1 Å². The van der Waals surface area contributed by atoms with Crippen LogP contribution in [0, 0.1) is 5.82 Å². The highest BCUT2D eigenvalue weighted by atomic mass is 35.5. The topological polar surface area (TPSA) is 26.3 Å². The van der Waals surface area contributed by atoms with E-state index in [1.807, 2.05) is 0 Å². The lowest BCUT2D eigenvalue weighted by molar-refractivity contribution is -0.0887. The van der Waals surface area contributed by atoms with Gasteiger partial charge in [0.2, 0.25) is 0 Å². The maximum absolute atomic E-state index is 13.3. The predicted molar refractivity (Wildman–Crippen MR) is 53.0 cm³/mol. The van der Waals surface area contributed by atoms with Crippen molar-refractivity contribution < 1.29 is 27.1 Å². The third-order valence-corrected chi connectivity index (χ3v) is 2.12. The fourth-order valence-corrected chi connectivity index (χ4v) is 1.34. The van der Waals surface area contributed by atoms with Gasteiger partial charge < -0.3 is 4.74 Å². The van der Waals surface area contributed by atoms with Gasteiger partial charge in [0.15, 0.2) is 0 Å². The van der Waals surface area contributed by atoms with Crippen LogP contribution in [-0.2, 0) is 0 Å². The first-order chi connectivity index (χ1) is 7.77. The van der Waals surface area contributed by atoms with Gasteiger partial charge in [-0.1, -0.05) is 11.6 Å². The summed E-state index contributed by atoms with van der Waals surface area (Å²) >= 11 is 5.56. The Bertz CT molecular complexity index is 443. The summed E-state index contributed by atoms with van der Waals surface area (Å²) in [6.45, 7) is 1.77. The molecule has 7 heteroatoms. The molecule has 94 valence electrons. The predicted octanol–water partition coefficient (Wildman–Crippen LogP) is 3.62. The first-order valence-electron chi connectivity index (χ1n) is 4.50. The molecule has 0 amide bonds. The summed E-state index contributed by atoms with van der Waals surface area (Å²) in [4.78, 5) is 10.8. The van der Waals surface area contributed by atoms with Crippen molar-refractivity contribution in [2.75, 3.05) is 6.61 Å². The number of alkyl halides is 3. The molecule has 0 aromatic heterocycles. The van der Waals surface area contributed by atoms with E-state index in [0.717, 1.165) is 0 Å². The van der Waals surface area contributed by atoms with E-state index in [4.69, 9.17) is 16.3 Å². The molecular weight excluding hydrogens is 264 g/mol. The van der Waals surface area contributed by atoms with E-state index in [1.54, 1.807) is 6.92 Å². The second kappa shape index (κ2) is 4.91. The third kappa shape index (κ3) is 3.09. The Morgan fingerprint density at radius 2 is 2.00 bits per heavy atom. The van der Waals surface area contributed by atoms with E-state index in [2.05, 4.69) is 0 Å². The number of halogens is 5. The summed E-state index contributed by atoms with van der Waals surface area (Å²) in [6, 6.07) is 1.27. The summed E-state index contributed by atoms with van der Waals surface area (Å²) in [7, 11) is 0. The zero-order valence-corrected chi connectivity index (χ0v) is 9.32. The first kappa shape index (κ1) is 13.8. The molecule has 0 atom stereocenters. The molecule has 0 radical (unpaired) electrons. The van der Waals surface area contributed by atoms with Crippen LogP contribution in [0.2, 0.25) is 5.02 Å². The van der Waals surface area contributed by atoms with Crippen molar-refractivity contribution in [3.05, 3.63) is 28.5 Å². The lowest BCUT2D eigenvalue weighted by Crippen LogP contribution is -2.23. The van der Waals surface area contributed by atoms with Crippen molar-refractivity contribution in [2.24, 2.45) is 0 Å². The van der Waals surface area contributed by atoms with Gasteiger partial charge in [0.1, 0.15) is 11.6 Å². The molecular formula is C10H7ClF4O2. The second-order valence-corrected chi connectivity index (χ2v) is 3.43. The SMILES string of the molecule is CCOc1cc(F)c(C(=O)C(F)(F)F)cc1Cl. The molecule has 1 aromatic carbocycles. The van der Waals surface area contributed by atoms with Gasteiger partial charge in [-0.25, -0.2) is 4.39 Å². The number of ether oxygens (including phenoxy) is 1. The summed E-state index contributed by atoms with van der Waals surface area (Å²) in [5.74, 6) is -3.70. The van der Waals surface area contributed by atoms with Crippen LogP contribution < -0.4 is 4.74 Å².